The highest BCUT2D eigenvalue weighted by atomic mass is 19.1. The normalized spacial score (nSPS) is 20.9. The Morgan fingerprint density at radius 1 is 1.22 bits per heavy atom. The summed E-state index contributed by atoms with van der Waals surface area (Å²) in [6.07, 6.45) is 9.26. The Balaban J connectivity index is 1.41. The first kappa shape index (κ1) is 15.5. The number of rotatable bonds is 5. The molecular weight excluding hydrogens is 299 g/mol. The zero-order chi connectivity index (χ0) is 16.1. The second kappa shape index (κ2) is 7.21. The van der Waals surface area contributed by atoms with Gasteiger partial charge in [0, 0.05) is 18.4 Å². The van der Waals surface area contributed by atoms with Crippen LogP contribution in [0.2, 0.25) is 0 Å². The molecule has 1 aliphatic carbocycles. The van der Waals surface area contributed by atoms with Crippen LogP contribution in [0.5, 0.6) is 6.01 Å². The summed E-state index contributed by atoms with van der Waals surface area (Å²) in [7, 11) is 0. The summed E-state index contributed by atoms with van der Waals surface area (Å²) in [4.78, 5) is 19.6. The fraction of sp³-hybridized carbons (Fsp3) is 0.438. The van der Waals surface area contributed by atoms with Gasteiger partial charge in [-0.1, -0.05) is 0 Å². The van der Waals surface area contributed by atoms with Crippen molar-refractivity contribution in [2.45, 2.75) is 44.4 Å². The van der Waals surface area contributed by atoms with Crippen LogP contribution < -0.4 is 10.1 Å². The first-order valence-electron chi connectivity index (χ1n) is 7.73. The molecule has 0 bridgehead atoms. The predicted molar refractivity (Wildman–Crippen MR) is 81.2 cm³/mol. The minimum atomic E-state index is -0.480. The molecule has 2 aromatic rings. The van der Waals surface area contributed by atoms with Crippen LogP contribution >= 0.6 is 0 Å². The molecule has 0 aliphatic heterocycles. The lowest BCUT2D eigenvalue weighted by molar-refractivity contribution is -0.122. The van der Waals surface area contributed by atoms with Gasteiger partial charge in [0.1, 0.15) is 12.6 Å². The third kappa shape index (κ3) is 4.51. The summed E-state index contributed by atoms with van der Waals surface area (Å²) in [5, 5.41) is 3.05. The molecule has 6 nitrogen and oxygen atoms in total. The monoisotopic (exact) mass is 318 g/mol. The van der Waals surface area contributed by atoms with Gasteiger partial charge in [0.25, 0.3) is 0 Å². The Morgan fingerprint density at radius 2 is 1.87 bits per heavy atom. The van der Waals surface area contributed by atoms with Crippen molar-refractivity contribution in [2.75, 3.05) is 0 Å². The quantitative estimate of drug-likeness (QED) is 0.914. The number of halogens is 1. The molecule has 2 heterocycles. The summed E-state index contributed by atoms with van der Waals surface area (Å²) >= 11 is 0. The van der Waals surface area contributed by atoms with E-state index < -0.39 is 5.82 Å². The number of nitrogens with zero attached hydrogens (tertiary/aromatic N) is 3. The van der Waals surface area contributed by atoms with Crippen molar-refractivity contribution >= 4 is 5.91 Å². The van der Waals surface area contributed by atoms with Crippen LogP contribution in [0.4, 0.5) is 4.39 Å². The van der Waals surface area contributed by atoms with Crippen LogP contribution in [0.25, 0.3) is 0 Å². The van der Waals surface area contributed by atoms with Gasteiger partial charge in [-0.05, 0) is 37.8 Å². The molecule has 0 aromatic carbocycles. The molecule has 0 atom stereocenters. The molecule has 1 aliphatic rings. The van der Waals surface area contributed by atoms with Gasteiger partial charge >= 0.3 is 6.01 Å². The van der Waals surface area contributed by atoms with Crippen molar-refractivity contribution in [3.05, 3.63) is 42.7 Å². The second-order valence-corrected chi connectivity index (χ2v) is 5.70. The second-order valence-electron chi connectivity index (χ2n) is 5.70. The van der Waals surface area contributed by atoms with E-state index in [1.807, 2.05) is 29.1 Å². The smallest absolute Gasteiger partial charge is 0.316 e. The lowest BCUT2D eigenvalue weighted by Crippen LogP contribution is -2.41. The molecule has 1 fully saturated rings. The van der Waals surface area contributed by atoms with Crippen molar-refractivity contribution in [1.82, 2.24) is 19.9 Å². The highest BCUT2D eigenvalue weighted by molar-refractivity contribution is 5.76. The zero-order valence-electron chi connectivity index (χ0n) is 12.7. The van der Waals surface area contributed by atoms with Gasteiger partial charge in [-0.3, -0.25) is 4.79 Å². The van der Waals surface area contributed by atoms with E-state index in [-0.39, 0.29) is 24.1 Å². The van der Waals surface area contributed by atoms with Crippen molar-refractivity contribution in [1.29, 1.82) is 0 Å². The molecule has 2 aromatic heterocycles. The van der Waals surface area contributed by atoms with Crippen molar-refractivity contribution in [2.24, 2.45) is 0 Å². The molecule has 7 heteroatoms. The fourth-order valence-corrected chi connectivity index (χ4v) is 2.75. The molecule has 0 saturated heterocycles. The first-order valence-corrected chi connectivity index (χ1v) is 7.73. The third-order valence-electron chi connectivity index (χ3n) is 3.90. The number of nitrogens with one attached hydrogen (secondary N) is 1. The van der Waals surface area contributed by atoms with E-state index in [9.17, 15) is 9.18 Å². The lowest BCUT2D eigenvalue weighted by atomic mass is 9.93. The molecule has 1 saturated carbocycles. The molecule has 122 valence electrons. The minimum absolute atomic E-state index is 0.0121. The summed E-state index contributed by atoms with van der Waals surface area (Å²) in [5.41, 5.74) is 0. The van der Waals surface area contributed by atoms with Gasteiger partial charge < -0.3 is 14.6 Å². The van der Waals surface area contributed by atoms with Crippen molar-refractivity contribution in [3.8, 4) is 6.01 Å². The average molecular weight is 318 g/mol. The van der Waals surface area contributed by atoms with Gasteiger partial charge in [-0.2, -0.15) is 0 Å². The van der Waals surface area contributed by atoms with E-state index in [4.69, 9.17) is 4.74 Å². The summed E-state index contributed by atoms with van der Waals surface area (Å²) in [6.45, 7) is 0.340. The van der Waals surface area contributed by atoms with E-state index in [1.165, 1.54) is 0 Å². The standard InChI is InChI=1S/C16H19FN4O2/c17-12-9-18-16(19-10-12)23-14-5-3-13(4-6-14)20-15(22)11-21-7-1-2-8-21/h1-2,7-10,13-14H,3-6,11H2,(H,20,22). The molecular formula is C16H19FN4O2. The predicted octanol–water partition coefficient (Wildman–Crippen LogP) is 1.92. The van der Waals surface area contributed by atoms with Crippen LogP contribution in [0, 0.1) is 5.82 Å². The van der Waals surface area contributed by atoms with Crippen LogP contribution in [-0.2, 0) is 11.3 Å². The van der Waals surface area contributed by atoms with E-state index in [2.05, 4.69) is 15.3 Å². The number of carbonyl (C=O) groups is 1. The minimum Gasteiger partial charge on any atom is -0.460 e. The number of aromatic nitrogens is 3. The van der Waals surface area contributed by atoms with E-state index in [1.54, 1.807) is 0 Å². The maximum atomic E-state index is 12.8. The molecule has 0 unspecified atom stereocenters. The summed E-state index contributed by atoms with van der Waals surface area (Å²) in [5.74, 6) is -0.459. The van der Waals surface area contributed by atoms with E-state index in [0.29, 0.717) is 6.54 Å². The molecule has 23 heavy (non-hydrogen) atoms. The van der Waals surface area contributed by atoms with Gasteiger partial charge in [0.15, 0.2) is 5.82 Å². The Bertz CT molecular complexity index is 622. The van der Waals surface area contributed by atoms with Crippen LogP contribution in [0.1, 0.15) is 25.7 Å². The van der Waals surface area contributed by atoms with Gasteiger partial charge in [0.2, 0.25) is 5.91 Å². The van der Waals surface area contributed by atoms with Gasteiger partial charge in [-0.25, -0.2) is 14.4 Å². The van der Waals surface area contributed by atoms with Gasteiger partial charge in [-0.15, -0.1) is 0 Å². The molecule has 3 rings (SSSR count). The first-order chi connectivity index (χ1) is 11.2. The van der Waals surface area contributed by atoms with Crippen LogP contribution in [0.15, 0.2) is 36.9 Å². The number of ether oxygens (including phenoxy) is 1. The maximum absolute atomic E-state index is 12.8. The van der Waals surface area contributed by atoms with Crippen molar-refractivity contribution in [3.63, 3.8) is 0 Å². The zero-order valence-corrected chi connectivity index (χ0v) is 12.7. The van der Waals surface area contributed by atoms with Crippen LogP contribution in [-0.4, -0.2) is 32.6 Å². The highest BCUT2D eigenvalue weighted by Gasteiger charge is 2.24. The highest BCUT2D eigenvalue weighted by Crippen LogP contribution is 2.22. The topological polar surface area (TPSA) is 69.0 Å². The maximum Gasteiger partial charge on any atom is 0.316 e. The number of carbonyl (C=O) groups excluding carboxylic acids is 1. The largest absolute Gasteiger partial charge is 0.460 e. The molecule has 1 N–H and O–H groups in total. The number of hydrogen-bond acceptors (Lipinski definition) is 4. The molecule has 0 radical (unpaired) electrons. The van der Waals surface area contributed by atoms with Crippen molar-refractivity contribution < 1.29 is 13.9 Å². The number of amides is 1. The van der Waals surface area contributed by atoms with E-state index in [0.717, 1.165) is 38.1 Å². The Hall–Kier alpha value is -2.44. The lowest BCUT2D eigenvalue weighted by Gasteiger charge is -2.28. The Labute approximate surface area is 133 Å². The SMILES string of the molecule is O=C(Cn1cccc1)NC1CCC(Oc2ncc(F)cn2)CC1. The molecule has 0 spiro atoms. The van der Waals surface area contributed by atoms with E-state index >= 15 is 0 Å². The summed E-state index contributed by atoms with van der Waals surface area (Å²) < 4.78 is 20.2. The molecule has 1 amide bonds. The number of hydrogen-bond donors (Lipinski definition) is 1. The van der Waals surface area contributed by atoms with Crippen LogP contribution in [0.3, 0.4) is 0 Å². The third-order valence-corrected chi connectivity index (χ3v) is 3.90. The Kier molecular flexibility index (Phi) is 4.85. The average Bonchev–Trinajstić information content (AvgIpc) is 3.04. The summed E-state index contributed by atoms with van der Waals surface area (Å²) in [6, 6.07) is 4.17. The van der Waals surface area contributed by atoms with Gasteiger partial charge in [0.05, 0.1) is 12.4 Å². The Morgan fingerprint density at radius 3 is 2.52 bits per heavy atom. The fourth-order valence-electron chi connectivity index (χ4n) is 2.75.